The van der Waals surface area contributed by atoms with Crippen molar-refractivity contribution in [3.63, 3.8) is 0 Å². The van der Waals surface area contributed by atoms with E-state index in [0.29, 0.717) is 21.2 Å². The van der Waals surface area contributed by atoms with E-state index in [1.165, 1.54) is 24.0 Å². The van der Waals surface area contributed by atoms with Crippen LogP contribution < -0.4 is 15.2 Å². The maximum Gasteiger partial charge on any atom is 0.408 e. The predicted molar refractivity (Wildman–Crippen MR) is 137 cm³/mol. The molecule has 0 aliphatic carbocycles. The summed E-state index contributed by atoms with van der Waals surface area (Å²) in [5.41, 5.74) is 1.46. The van der Waals surface area contributed by atoms with Crippen molar-refractivity contribution in [1.29, 1.82) is 0 Å². The number of alkyl halides is 3. The molecule has 3 aromatic rings. The number of nitrogens with zero attached hydrogens (tertiary/aromatic N) is 3. The van der Waals surface area contributed by atoms with Gasteiger partial charge in [-0.25, -0.2) is 0 Å². The van der Waals surface area contributed by atoms with E-state index in [1.54, 1.807) is 22.8 Å². The summed E-state index contributed by atoms with van der Waals surface area (Å²) in [6.07, 6.45) is -3.33. The van der Waals surface area contributed by atoms with Crippen molar-refractivity contribution in [2.45, 2.75) is 35.8 Å². The summed E-state index contributed by atoms with van der Waals surface area (Å²) in [5, 5.41) is 2.06. The molecule has 0 bridgehead atoms. The molecule has 0 unspecified atom stereocenters. The number of fused-ring (bicyclic) bond motifs is 3. The summed E-state index contributed by atoms with van der Waals surface area (Å²) in [6, 6.07) is 11.4. The lowest BCUT2D eigenvalue weighted by molar-refractivity contribution is -0.173. The topological polar surface area (TPSA) is 64.0 Å². The SMILES string of the molecule is COCOc1c2n(ccc1=O)N([C@@H]1c3ccccc3SCc3cccc(Cl)c31)CN([C@H](C)C(F)(F)F)C2=O. The molecule has 5 rings (SSSR count). The summed E-state index contributed by atoms with van der Waals surface area (Å²) in [7, 11) is 1.33. The zero-order valence-electron chi connectivity index (χ0n) is 20.4. The van der Waals surface area contributed by atoms with Crippen LogP contribution in [-0.2, 0) is 10.5 Å². The Hall–Kier alpha value is -3.15. The minimum atomic E-state index is -4.71. The number of ether oxygens (including phenoxy) is 2. The van der Waals surface area contributed by atoms with Gasteiger partial charge in [-0.2, -0.15) is 13.2 Å². The number of hydrogen-bond donors (Lipinski definition) is 0. The summed E-state index contributed by atoms with van der Waals surface area (Å²) in [5.74, 6) is -0.775. The Morgan fingerprint density at radius 3 is 2.63 bits per heavy atom. The third-order valence-corrected chi connectivity index (χ3v) is 8.11. The van der Waals surface area contributed by atoms with Crippen LogP contribution in [0.15, 0.2) is 64.4 Å². The monoisotopic (exact) mass is 565 g/mol. The fraction of sp³-hybridized carbons (Fsp3) is 0.308. The van der Waals surface area contributed by atoms with E-state index < -0.39 is 36.3 Å². The number of rotatable bonds is 5. The number of carbonyl (C=O) groups excluding carboxylic acids is 1. The molecule has 2 aromatic carbocycles. The van der Waals surface area contributed by atoms with E-state index in [0.717, 1.165) is 22.9 Å². The zero-order chi connectivity index (χ0) is 27.2. The van der Waals surface area contributed by atoms with Crippen LogP contribution in [0, 0.1) is 0 Å². The fourth-order valence-corrected chi connectivity index (χ4v) is 6.13. The second-order valence-corrected chi connectivity index (χ2v) is 10.3. The van der Waals surface area contributed by atoms with Gasteiger partial charge in [0.25, 0.3) is 5.91 Å². The van der Waals surface area contributed by atoms with Crippen molar-refractivity contribution in [1.82, 2.24) is 9.58 Å². The first-order valence-corrected chi connectivity index (χ1v) is 13.0. The Bertz CT molecular complexity index is 1450. The molecule has 0 saturated carbocycles. The Morgan fingerprint density at radius 1 is 1.13 bits per heavy atom. The lowest BCUT2D eigenvalue weighted by Gasteiger charge is -2.46. The van der Waals surface area contributed by atoms with Crippen LogP contribution in [0.2, 0.25) is 5.02 Å². The first-order valence-electron chi connectivity index (χ1n) is 11.6. The average Bonchev–Trinajstić information content (AvgIpc) is 3.05. The van der Waals surface area contributed by atoms with Crippen molar-refractivity contribution in [2.24, 2.45) is 0 Å². The largest absolute Gasteiger partial charge is 0.461 e. The molecule has 38 heavy (non-hydrogen) atoms. The number of aromatic nitrogens is 1. The molecule has 2 aliphatic heterocycles. The molecule has 2 aliphatic rings. The van der Waals surface area contributed by atoms with Crippen molar-refractivity contribution in [3.8, 4) is 5.75 Å². The van der Waals surface area contributed by atoms with Gasteiger partial charge in [-0.3, -0.25) is 19.3 Å². The molecule has 0 saturated heterocycles. The zero-order valence-corrected chi connectivity index (χ0v) is 21.9. The molecular weight excluding hydrogens is 543 g/mol. The van der Waals surface area contributed by atoms with Crippen LogP contribution in [-0.4, -0.2) is 48.3 Å². The first kappa shape index (κ1) is 26.5. The molecule has 0 spiro atoms. The molecular formula is C26H23ClF3N3O4S. The van der Waals surface area contributed by atoms with Gasteiger partial charge in [-0.15, -0.1) is 11.8 Å². The van der Waals surface area contributed by atoms with Gasteiger partial charge in [0.05, 0.1) is 0 Å². The third-order valence-electron chi connectivity index (χ3n) is 6.65. The Labute approximate surface area is 225 Å². The maximum absolute atomic E-state index is 14.0. The van der Waals surface area contributed by atoms with Gasteiger partial charge in [0.2, 0.25) is 11.2 Å². The van der Waals surface area contributed by atoms with E-state index in [9.17, 15) is 22.8 Å². The average molecular weight is 566 g/mol. The molecule has 1 aromatic heterocycles. The Kier molecular flexibility index (Phi) is 7.10. The summed E-state index contributed by atoms with van der Waals surface area (Å²) in [4.78, 5) is 28.0. The van der Waals surface area contributed by atoms with Crippen LogP contribution in [0.3, 0.4) is 0 Å². The number of pyridine rings is 1. The van der Waals surface area contributed by atoms with Crippen molar-refractivity contribution < 1.29 is 27.4 Å². The molecule has 200 valence electrons. The molecule has 7 nitrogen and oxygen atoms in total. The molecule has 0 N–H and O–H groups in total. The van der Waals surface area contributed by atoms with E-state index in [2.05, 4.69) is 0 Å². The number of halogens is 4. The highest BCUT2D eigenvalue weighted by molar-refractivity contribution is 7.98. The molecule has 2 atom stereocenters. The number of thioether (sulfide) groups is 1. The number of methoxy groups -OCH3 is 1. The predicted octanol–water partition coefficient (Wildman–Crippen LogP) is 5.18. The van der Waals surface area contributed by atoms with Crippen LogP contribution >= 0.6 is 23.4 Å². The molecule has 3 heterocycles. The van der Waals surface area contributed by atoms with Crippen LogP contribution in [0.1, 0.15) is 40.1 Å². The van der Waals surface area contributed by atoms with Crippen LogP contribution in [0.5, 0.6) is 5.75 Å². The summed E-state index contributed by atoms with van der Waals surface area (Å²) in [6.45, 7) is 0.125. The van der Waals surface area contributed by atoms with Gasteiger partial charge in [0.15, 0.2) is 12.5 Å². The van der Waals surface area contributed by atoms with Gasteiger partial charge in [0.1, 0.15) is 18.8 Å². The Morgan fingerprint density at radius 2 is 1.89 bits per heavy atom. The molecule has 12 heteroatoms. The normalized spacial score (nSPS) is 17.8. The van der Waals surface area contributed by atoms with Gasteiger partial charge < -0.3 is 14.4 Å². The van der Waals surface area contributed by atoms with Crippen molar-refractivity contribution in [3.05, 3.63) is 92.4 Å². The highest BCUT2D eigenvalue weighted by atomic mass is 35.5. The quantitative estimate of drug-likeness (QED) is 0.397. The van der Waals surface area contributed by atoms with Gasteiger partial charge >= 0.3 is 6.18 Å². The highest BCUT2D eigenvalue weighted by Crippen LogP contribution is 2.45. The van der Waals surface area contributed by atoms with E-state index in [-0.39, 0.29) is 18.2 Å². The lowest BCUT2D eigenvalue weighted by Crippen LogP contribution is -2.60. The fourth-order valence-electron chi connectivity index (χ4n) is 4.75. The van der Waals surface area contributed by atoms with E-state index in [1.807, 2.05) is 36.4 Å². The second-order valence-electron chi connectivity index (χ2n) is 8.87. The molecule has 0 fully saturated rings. The second kappa shape index (κ2) is 10.2. The van der Waals surface area contributed by atoms with Crippen LogP contribution in [0.25, 0.3) is 0 Å². The van der Waals surface area contributed by atoms with Crippen molar-refractivity contribution in [2.75, 3.05) is 25.6 Å². The van der Waals surface area contributed by atoms with Gasteiger partial charge in [0, 0.05) is 40.6 Å². The number of carbonyl (C=O) groups is 1. The molecule has 0 radical (unpaired) electrons. The molecule has 1 amide bonds. The highest BCUT2D eigenvalue weighted by Gasteiger charge is 2.48. The first-order chi connectivity index (χ1) is 18.1. The number of benzene rings is 2. The maximum atomic E-state index is 14.0. The van der Waals surface area contributed by atoms with E-state index >= 15 is 0 Å². The van der Waals surface area contributed by atoms with E-state index in [4.69, 9.17) is 21.1 Å². The summed E-state index contributed by atoms with van der Waals surface area (Å²) < 4.78 is 53.7. The standard InChI is InChI=1S/C26H23ClF3N3O4S/c1-15(26(28,29)30)31-13-33(32-11-10-19(34)24(37-14-36-2)23(32)25(31)35)22-17-7-3-4-9-20(17)38-12-16-6-5-8-18(27)21(16)22/h3-11,15,22H,12-14H2,1-2H3/t15-,22-/m1/s1. The minimum Gasteiger partial charge on any atom is -0.461 e. The number of amides is 1. The number of hydrogen-bond acceptors (Lipinski definition) is 6. The lowest BCUT2D eigenvalue weighted by atomic mass is 9.94. The van der Waals surface area contributed by atoms with Gasteiger partial charge in [-0.05, 0) is 30.2 Å². The van der Waals surface area contributed by atoms with Crippen molar-refractivity contribution >= 4 is 29.3 Å². The van der Waals surface area contributed by atoms with Gasteiger partial charge in [-0.1, -0.05) is 41.9 Å². The summed E-state index contributed by atoms with van der Waals surface area (Å²) >= 11 is 8.34. The minimum absolute atomic E-state index is 0.320. The third kappa shape index (κ3) is 4.52. The Balaban J connectivity index is 1.80. The van der Waals surface area contributed by atoms with Crippen LogP contribution in [0.4, 0.5) is 13.2 Å². The smallest absolute Gasteiger partial charge is 0.408 e.